The summed E-state index contributed by atoms with van der Waals surface area (Å²) in [5.41, 5.74) is 3.21. The number of methoxy groups -OCH3 is 3. The summed E-state index contributed by atoms with van der Waals surface area (Å²) in [5.74, 6) is 2.19. The van der Waals surface area contributed by atoms with Gasteiger partial charge in [0.15, 0.2) is 11.5 Å². The number of nitrogens with zero attached hydrogens (tertiary/aromatic N) is 1. The predicted octanol–water partition coefficient (Wildman–Crippen LogP) is 5.34. The Hall–Kier alpha value is -3.87. The summed E-state index contributed by atoms with van der Waals surface area (Å²) < 4.78 is 22.7. The zero-order valence-electron chi connectivity index (χ0n) is 20.0. The fourth-order valence-electron chi connectivity index (χ4n) is 4.80. The Kier molecular flexibility index (Phi) is 5.48. The smallest absolute Gasteiger partial charge is 0.274 e. The maximum Gasteiger partial charge on any atom is 0.274 e. The Balaban J connectivity index is 1.61. The summed E-state index contributed by atoms with van der Waals surface area (Å²) in [6.07, 6.45) is 0.813. The van der Waals surface area contributed by atoms with Gasteiger partial charge in [-0.1, -0.05) is 24.3 Å². The number of benzene rings is 3. The minimum absolute atomic E-state index is 0.0261. The number of H-pyrrole nitrogens is 1. The number of hydrogen-bond donors (Lipinski definition) is 1. The molecule has 7 heteroatoms. The second-order valence-electron chi connectivity index (χ2n) is 8.58. The first kappa shape index (κ1) is 21.9. The van der Waals surface area contributed by atoms with E-state index in [0.29, 0.717) is 35.0 Å². The minimum Gasteiger partial charge on any atom is -0.493 e. The number of fused-ring (bicyclic) bond motifs is 4. The highest BCUT2D eigenvalue weighted by Gasteiger charge is 2.30. The zero-order valence-corrected chi connectivity index (χ0v) is 20.0. The molecule has 1 aromatic heterocycles. The van der Waals surface area contributed by atoms with Crippen LogP contribution in [0.15, 0.2) is 42.5 Å². The number of aromatic nitrogens is 1. The largest absolute Gasteiger partial charge is 0.493 e. The maximum absolute atomic E-state index is 13.7. The zero-order chi connectivity index (χ0) is 24.0. The van der Waals surface area contributed by atoms with Crippen LogP contribution in [0.25, 0.3) is 21.7 Å². The number of anilines is 1. The summed E-state index contributed by atoms with van der Waals surface area (Å²) in [6.45, 7) is 4.61. The summed E-state index contributed by atoms with van der Waals surface area (Å²) in [5, 5.41) is 3.00. The molecule has 0 spiro atoms. The molecule has 4 aromatic rings. The highest BCUT2D eigenvalue weighted by molar-refractivity contribution is 6.11. The standard InChI is InChI=1S/C27H28N2O5/c1-15(2)34-22-14-21-18(17-8-6-7-9-19(17)22)10-11-29(21)27(30)20-12-16-13-23(31-3)25(32-4)26(33-5)24(16)28-20/h6-9,12-15,28H,10-11H2,1-5H3. The molecule has 0 unspecified atom stereocenters. The van der Waals surface area contributed by atoms with Gasteiger partial charge < -0.3 is 28.8 Å². The number of carbonyl (C=O) groups excluding carboxylic acids is 1. The van der Waals surface area contributed by atoms with Gasteiger partial charge in [0.05, 0.1) is 38.6 Å². The van der Waals surface area contributed by atoms with Gasteiger partial charge in [0, 0.05) is 23.4 Å². The number of amides is 1. The highest BCUT2D eigenvalue weighted by Crippen LogP contribution is 2.44. The molecule has 0 atom stereocenters. The third-order valence-corrected chi connectivity index (χ3v) is 6.23. The highest BCUT2D eigenvalue weighted by atomic mass is 16.5. The molecule has 0 fully saturated rings. The van der Waals surface area contributed by atoms with E-state index in [0.717, 1.165) is 39.6 Å². The fourth-order valence-corrected chi connectivity index (χ4v) is 4.80. The van der Waals surface area contributed by atoms with Crippen LogP contribution >= 0.6 is 0 Å². The maximum atomic E-state index is 13.7. The molecule has 3 aromatic carbocycles. The first-order chi connectivity index (χ1) is 16.5. The molecule has 0 saturated heterocycles. The van der Waals surface area contributed by atoms with Gasteiger partial charge in [-0.2, -0.15) is 0 Å². The van der Waals surface area contributed by atoms with E-state index in [-0.39, 0.29) is 12.0 Å². The summed E-state index contributed by atoms with van der Waals surface area (Å²) >= 11 is 0. The van der Waals surface area contributed by atoms with Crippen LogP contribution in [0.2, 0.25) is 0 Å². The molecule has 1 N–H and O–H groups in total. The van der Waals surface area contributed by atoms with E-state index in [1.165, 1.54) is 0 Å². The lowest BCUT2D eigenvalue weighted by atomic mass is 10.0. The van der Waals surface area contributed by atoms with Crippen LogP contribution in [0.1, 0.15) is 29.9 Å². The van der Waals surface area contributed by atoms with E-state index in [4.69, 9.17) is 18.9 Å². The van der Waals surface area contributed by atoms with Crippen LogP contribution in [-0.4, -0.2) is 44.9 Å². The van der Waals surface area contributed by atoms with Crippen LogP contribution in [0.3, 0.4) is 0 Å². The Labute approximate surface area is 198 Å². The van der Waals surface area contributed by atoms with Crippen molar-refractivity contribution < 1.29 is 23.7 Å². The van der Waals surface area contributed by atoms with Crippen LogP contribution in [-0.2, 0) is 6.42 Å². The van der Waals surface area contributed by atoms with Crippen molar-refractivity contribution in [3.63, 3.8) is 0 Å². The van der Waals surface area contributed by atoms with Crippen molar-refractivity contribution in [1.82, 2.24) is 4.98 Å². The van der Waals surface area contributed by atoms with Gasteiger partial charge in [0.1, 0.15) is 11.4 Å². The molecule has 0 radical (unpaired) electrons. The number of nitrogens with one attached hydrogen (secondary N) is 1. The van der Waals surface area contributed by atoms with Crippen molar-refractivity contribution >= 4 is 33.3 Å². The second-order valence-corrected chi connectivity index (χ2v) is 8.58. The average Bonchev–Trinajstić information content (AvgIpc) is 3.46. The van der Waals surface area contributed by atoms with E-state index in [2.05, 4.69) is 17.1 Å². The van der Waals surface area contributed by atoms with Gasteiger partial charge in [-0.3, -0.25) is 4.79 Å². The topological polar surface area (TPSA) is 73.0 Å². The molecule has 34 heavy (non-hydrogen) atoms. The molecule has 1 aliphatic rings. The molecule has 0 saturated carbocycles. The minimum atomic E-state index is -0.110. The van der Waals surface area contributed by atoms with Gasteiger partial charge in [0.2, 0.25) is 5.75 Å². The summed E-state index contributed by atoms with van der Waals surface area (Å²) in [4.78, 5) is 18.8. The molecule has 5 rings (SSSR count). The molecule has 0 aliphatic carbocycles. The molecule has 2 heterocycles. The van der Waals surface area contributed by atoms with Gasteiger partial charge >= 0.3 is 0 Å². The SMILES string of the molecule is COc1cc2cc(C(=O)N3CCc4c3cc(OC(C)C)c3ccccc43)[nH]c2c(OC)c1OC. The van der Waals surface area contributed by atoms with Gasteiger partial charge in [-0.15, -0.1) is 0 Å². The molecule has 1 aliphatic heterocycles. The Morgan fingerprint density at radius 2 is 1.68 bits per heavy atom. The van der Waals surface area contributed by atoms with Gasteiger partial charge in [-0.05, 0) is 43.4 Å². The molecule has 0 bridgehead atoms. The monoisotopic (exact) mass is 460 g/mol. The van der Waals surface area contributed by atoms with Crippen LogP contribution in [0, 0.1) is 0 Å². The van der Waals surface area contributed by atoms with Gasteiger partial charge in [0.25, 0.3) is 5.91 Å². The Morgan fingerprint density at radius 1 is 0.941 bits per heavy atom. The van der Waals surface area contributed by atoms with Crippen molar-refractivity contribution in [3.8, 4) is 23.0 Å². The lowest BCUT2D eigenvalue weighted by Gasteiger charge is -2.20. The molecule has 7 nitrogen and oxygen atoms in total. The van der Waals surface area contributed by atoms with E-state index in [9.17, 15) is 4.79 Å². The lowest BCUT2D eigenvalue weighted by Crippen LogP contribution is -2.29. The normalized spacial score (nSPS) is 12.9. The van der Waals surface area contributed by atoms with E-state index in [1.54, 1.807) is 21.3 Å². The molecular weight excluding hydrogens is 432 g/mol. The van der Waals surface area contributed by atoms with Crippen LogP contribution < -0.4 is 23.8 Å². The number of hydrogen-bond acceptors (Lipinski definition) is 5. The molecule has 1 amide bonds. The average molecular weight is 461 g/mol. The second kappa shape index (κ2) is 8.48. The summed E-state index contributed by atoms with van der Waals surface area (Å²) in [6, 6.07) is 13.9. The third-order valence-electron chi connectivity index (χ3n) is 6.23. The van der Waals surface area contributed by atoms with Crippen molar-refractivity contribution in [2.24, 2.45) is 0 Å². The quantitative estimate of drug-likeness (QED) is 0.421. The van der Waals surface area contributed by atoms with Crippen molar-refractivity contribution in [3.05, 3.63) is 53.7 Å². The van der Waals surface area contributed by atoms with E-state index < -0.39 is 0 Å². The first-order valence-electron chi connectivity index (χ1n) is 11.3. The molecule has 176 valence electrons. The van der Waals surface area contributed by atoms with E-state index in [1.807, 2.05) is 49.1 Å². The lowest BCUT2D eigenvalue weighted by molar-refractivity contribution is 0.0985. The van der Waals surface area contributed by atoms with Crippen LogP contribution in [0.4, 0.5) is 5.69 Å². The predicted molar refractivity (Wildman–Crippen MR) is 133 cm³/mol. The van der Waals surface area contributed by atoms with Crippen molar-refractivity contribution in [1.29, 1.82) is 0 Å². The van der Waals surface area contributed by atoms with Crippen molar-refractivity contribution in [2.45, 2.75) is 26.4 Å². The fraction of sp³-hybridized carbons (Fsp3) is 0.296. The van der Waals surface area contributed by atoms with Crippen molar-refractivity contribution in [2.75, 3.05) is 32.8 Å². The number of ether oxygens (including phenoxy) is 4. The third kappa shape index (κ3) is 3.39. The molecular formula is C27H28N2O5. The van der Waals surface area contributed by atoms with Crippen LogP contribution in [0.5, 0.6) is 23.0 Å². The van der Waals surface area contributed by atoms with E-state index >= 15 is 0 Å². The Morgan fingerprint density at radius 3 is 2.35 bits per heavy atom. The number of rotatable bonds is 6. The number of carbonyl (C=O) groups is 1. The number of aromatic amines is 1. The van der Waals surface area contributed by atoms with Gasteiger partial charge in [-0.25, -0.2) is 0 Å². The summed E-state index contributed by atoms with van der Waals surface area (Å²) in [7, 11) is 4.70. The first-order valence-corrected chi connectivity index (χ1v) is 11.3. The Bertz CT molecular complexity index is 1410.